The lowest BCUT2D eigenvalue weighted by atomic mass is 10.2. The SMILES string of the molecule is Cn1c(CN2CCC=C(F)C2)cnc1Br. The molecule has 1 aliphatic rings. The van der Waals surface area contributed by atoms with Crippen LogP contribution < -0.4 is 0 Å². The summed E-state index contributed by atoms with van der Waals surface area (Å²) in [6, 6.07) is 0. The zero-order chi connectivity index (χ0) is 10.8. The van der Waals surface area contributed by atoms with Crippen molar-refractivity contribution in [1.82, 2.24) is 14.5 Å². The maximum absolute atomic E-state index is 13.0. The molecule has 0 fully saturated rings. The van der Waals surface area contributed by atoms with Gasteiger partial charge in [-0.05, 0) is 22.4 Å². The van der Waals surface area contributed by atoms with Crippen LogP contribution >= 0.6 is 15.9 Å². The third-order valence-corrected chi connectivity index (χ3v) is 3.34. The van der Waals surface area contributed by atoms with E-state index >= 15 is 0 Å². The van der Waals surface area contributed by atoms with Crippen molar-refractivity contribution < 1.29 is 4.39 Å². The Bertz CT molecular complexity index is 386. The van der Waals surface area contributed by atoms with E-state index in [9.17, 15) is 4.39 Å². The minimum atomic E-state index is -0.0255. The first-order valence-electron chi connectivity index (χ1n) is 4.90. The van der Waals surface area contributed by atoms with E-state index in [2.05, 4.69) is 25.8 Å². The maximum Gasteiger partial charge on any atom is 0.177 e. The van der Waals surface area contributed by atoms with Crippen LogP contribution in [-0.4, -0.2) is 27.5 Å². The van der Waals surface area contributed by atoms with Gasteiger partial charge in [-0.25, -0.2) is 9.37 Å². The Hall–Kier alpha value is -0.680. The molecule has 2 heterocycles. The van der Waals surface area contributed by atoms with Gasteiger partial charge >= 0.3 is 0 Å². The summed E-state index contributed by atoms with van der Waals surface area (Å²) in [5.41, 5.74) is 1.09. The predicted octanol–water partition coefficient (Wildman–Crippen LogP) is 2.24. The molecule has 0 N–H and O–H groups in total. The van der Waals surface area contributed by atoms with Crippen LogP contribution in [-0.2, 0) is 13.6 Å². The van der Waals surface area contributed by atoms with E-state index in [1.54, 1.807) is 6.08 Å². The molecule has 0 aromatic carbocycles. The van der Waals surface area contributed by atoms with Gasteiger partial charge in [0.25, 0.3) is 0 Å². The Labute approximate surface area is 96.7 Å². The molecule has 0 saturated carbocycles. The highest BCUT2D eigenvalue weighted by atomic mass is 79.9. The molecule has 3 nitrogen and oxygen atoms in total. The molecule has 1 aromatic rings. The molecule has 0 amide bonds. The average molecular weight is 274 g/mol. The summed E-state index contributed by atoms with van der Waals surface area (Å²) in [5.74, 6) is -0.0255. The molecular formula is C10H13BrFN3. The van der Waals surface area contributed by atoms with Gasteiger partial charge in [-0.2, -0.15) is 0 Å². The van der Waals surface area contributed by atoms with Crippen LogP contribution in [0.25, 0.3) is 0 Å². The van der Waals surface area contributed by atoms with Gasteiger partial charge < -0.3 is 4.57 Å². The van der Waals surface area contributed by atoms with Crippen LogP contribution in [0.3, 0.4) is 0 Å². The third kappa shape index (κ3) is 2.46. The lowest BCUT2D eigenvalue weighted by molar-refractivity contribution is 0.254. The summed E-state index contributed by atoms with van der Waals surface area (Å²) in [6.07, 6.45) is 4.28. The highest BCUT2D eigenvalue weighted by Crippen LogP contribution is 2.16. The number of rotatable bonds is 2. The number of hydrogen-bond donors (Lipinski definition) is 0. The lowest BCUT2D eigenvalue weighted by Gasteiger charge is -2.24. The van der Waals surface area contributed by atoms with Crippen molar-refractivity contribution in [2.45, 2.75) is 13.0 Å². The second-order valence-electron chi connectivity index (χ2n) is 3.73. The minimum absolute atomic E-state index is 0.0255. The number of imidazole rings is 1. The maximum atomic E-state index is 13.0. The molecule has 1 aromatic heterocycles. The van der Waals surface area contributed by atoms with Crippen LogP contribution in [0, 0.1) is 0 Å². The molecule has 0 radical (unpaired) electrons. The Morgan fingerprint density at radius 1 is 1.60 bits per heavy atom. The van der Waals surface area contributed by atoms with Crippen LogP contribution in [0.1, 0.15) is 12.1 Å². The van der Waals surface area contributed by atoms with Gasteiger partial charge in [0.2, 0.25) is 0 Å². The smallest absolute Gasteiger partial charge is 0.177 e. The highest BCUT2D eigenvalue weighted by Gasteiger charge is 2.14. The van der Waals surface area contributed by atoms with Gasteiger partial charge in [-0.1, -0.05) is 6.08 Å². The zero-order valence-corrected chi connectivity index (χ0v) is 10.2. The van der Waals surface area contributed by atoms with Crippen LogP contribution in [0.2, 0.25) is 0 Å². The largest absolute Gasteiger partial charge is 0.325 e. The first kappa shape index (κ1) is 10.8. The quantitative estimate of drug-likeness (QED) is 0.824. The number of aromatic nitrogens is 2. The summed E-state index contributed by atoms with van der Waals surface area (Å²) >= 11 is 3.34. The summed E-state index contributed by atoms with van der Waals surface area (Å²) in [5, 5.41) is 0. The average Bonchev–Trinajstić information content (AvgIpc) is 2.50. The van der Waals surface area contributed by atoms with Crippen molar-refractivity contribution in [3.8, 4) is 0 Å². The second-order valence-corrected chi connectivity index (χ2v) is 4.44. The summed E-state index contributed by atoms with van der Waals surface area (Å²) < 4.78 is 15.8. The van der Waals surface area contributed by atoms with Crippen LogP contribution in [0.5, 0.6) is 0 Å². The van der Waals surface area contributed by atoms with E-state index in [-0.39, 0.29) is 5.83 Å². The normalized spacial score (nSPS) is 17.9. The van der Waals surface area contributed by atoms with E-state index in [1.165, 1.54) is 0 Å². The highest BCUT2D eigenvalue weighted by molar-refractivity contribution is 9.10. The Morgan fingerprint density at radius 2 is 2.40 bits per heavy atom. The summed E-state index contributed by atoms with van der Waals surface area (Å²) in [6.45, 7) is 2.08. The first-order valence-corrected chi connectivity index (χ1v) is 5.69. The monoisotopic (exact) mass is 273 g/mol. The van der Waals surface area contributed by atoms with Crippen molar-refractivity contribution in [2.75, 3.05) is 13.1 Å². The van der Waals surface area contributed by atoms with Crippen molar-refractivity contribution >= 4 is 15.9 Å². The second kappa shape index (κ2) is 4.45. The standard InChI is InChI=1S/C10H13BrFN3/c1-14-9(5-13-10(14)11)7-15-4-2-3-8(12)6-15/h3,5H,2,4,6-7H2,1H3. The molecule has 0 atom stereocenters. The molecule has 0 spiro atoms. The molecule has 0 saturated heterocycles. The molecule has 0 unspecified atom stereocenters. The van der Waals surface area contributed by atoms with E-state index in [1.807, 2.05) is 17.8 Å². The van der Waals surface area contributed by atoms with Gasteiger partial charge in [0.1, 0.15) is 5.83 Å². The summed E-state index contributed by atoms with van der Waals surface area (Å²) in [7, 11) is 1.95. The predicted molar refractivity (Wildman–Crippen MR) is 60.0 cm³/mol. The van der Waals surface area contributed by atoms with Gasteiger partial charge in [0.05, 0.1) is 18.4 Å². The van der Waals surface area contributed by atoms with E-state index in [4.69, 9.17) is 0 Å². The van der Waals surface area contributed by atoms with Gasteiger partial charge in [-0.3, -0.25) is 4.90 Å². The molecule has 1 aliphatic heterocycles. The Kier molecular flexibility index (Phi) is 3.21. The fraction of sp³-hybridized carbons (Fsp3) is 0.500. The van der Waals surface area contributed by atoms with Gasteiger partial charge in [0.15, 0.2) is 4.73 Å². The fourth-order valence-corrected chi connectivity index (χ4v) is 2.02. The number of halogens is 2. The molecule has 0 aliphatic carbocycles. The molecular weight excluding hydrogens is 261 g/mol. The molecule has 0 bridgehead atoms. The van der Waals surface area contributed by atoms with Crippen molar-refractivity contribution in [1.29, 1.82) is 0 Å². The lowest BCUT2D eigenvalue weighted by Crippen LogP contribution is -2.29. The third-order valence-electron chi connectivity index (χ3n) is 2.60. The van der Waals surface area contributed by atoms with Crippen molar-refractivity contribution in [3.05, 3.63) is 28.5 Å². The topological polar surface area (TPSA) is 21.1 Å². The van der Waals surface area contributed by atoms with E-state index in [0.29, 0.717) is 6.54 Å². The van der Waals surface area contributed by atoms with Gasteiger partial charge in [-0.15, -0.1) is 0 Å². The van der Waals surface area contributed by atoms with E-state index < -0.39 is 0 Å². The Morgan fingerprint density at radius 3 is 3.00 bits per heavy atom. The minimum Gasteiger partial charge on any atom is -0.325 e. The van der Waals surface area contributed by atoms with Crippen LogP contribution in [0.15, 0.2) is 22.8 Å². The van der Waals surface area contributed by atoms with Crippen molar-refractivity contribution in [2.24, 2.45) is 7.05 Å². The van der Waals surface area contributed by atoms with E-state index in [0.717, 1.165) is 29.9 Å². The zero-order valence-electron chi connectivity index (χ0n) is 8.58. The summed E-state index contributed by atoms with van der Waals surface area (Å²) in [4.78, 5) is 6.23. The number of nitrogens with zero attached hydrogens (tertiary/aromatic N) is 3. The van der Waals surface area contributed by atoms with Crippen molar-refractivity contribution in [3.63, 3.8) is 0 Å². The molecule has 82 valence electrons. The fourth-order valence-electron chi connectivity index (χ4n) is 1.69. The molecule has 15 heavy (non-hydrogen) atoms. The first-order chi connectivity index (χ1) is 7.16. The molecule has 2 rings (SSSR count). The Balaban J connectivity index is 2.03. The molecule has 5 heteroatoms. The number of hydrogen-bond acceptors (Lipinski definition) is 2. The van der Waals surface area contributed by atoms with Gasteiger partial charge in [0, 0.05) is 20.1 Å². The van der Waals surface area contributed by atoms with Crippen LogP contribution in [0.4, 0.5) is 4.39 Å².